The molecule has 1 aromatic rings. The van der Waals surface area contributed by atoms with Gasteiger partial charge in [-0.15, -0.1) is 0 Å². The van der Waals surface area contributed by atoms with Crippen molar-refractivity contribution in [2.75, 3.05) is 6.54 Å². The van der Waals surface area contributed by atoms with Crippen molar-refractivity contribution in [3.63, 3.8) is 0 Å². The monoisotopic (exact) mass is 301 g/mol. The van der Waals surface area contributed by atoms with Gasteiger partial charge < -0.3 is 15.2 Å². The molecule has 0 fully saturated rings. The molecule has 0 saturated heterocycles. The van der Waals surface area contributed by atoms with Crippen LogP contribution in [0.4, 0.5) is 0 Å². The predicted octanol–water partition coefficient (Wildman–Crippen LogP) is 1.71. The molecule has 2 N–H and O–H groups in total. The second-order valence-electron chi connectivity index (χ2n) is 3.81. The number of carbonyl (C=O) groups excluding carboxylic acids is 1. The molecule has 0 aromatic heterocycles. The van der Waals surface area contributed by atoms with E-state index >= 15 is 0 Å². The summed E-state index contributed by atoms with van der Waals surface area (Å²) < 4.78 is 6.40. The smallest absolute Gasteiger partial charge is 0.260 e. The van der Waals surface area contributed by atoms with Crippen molar-refractivity contribution in [1.29, 1.82) is 0 Å². The number of carbonyl (C=O) groups is 1. The van der Waals surface area contributed by atoms with Crippen LogP contribution in [-0.4, -0.2) is 29.8 Å². The van der Waals surface area contributed by atoms with Crippen molar-refractivity contribution in [1.82, 2.24) is 5.32 Å². The molecule has 2 unspecified atom stereocenters. The van der Waals surface area contributed by atoms with Crippen molar-refractivity contribution >= 4 is 21.8 Å². The predicted molar refractivity (Wildman–Crippen MR) is 68.9 cm³/mol. The molecule has 0 radical (unpaired) electrons. The van der Waals surface area contributed by atoms with Gasteiger partial charge in [-0.1, -0.05) is 15.9 Å². The molecule has 17 heavy (non-hydrogen) atoms. The van der Waals surface area contributed by atoms with Gasteiger partial charge in [0.2, 0.25) is 0 Å². The molecule has 0 aliphatic rings. The zero-order chi connectivity index (χ0) is 12.8. The lowest BCUT2D eigenvalue weighted by Gasteiger charge is -2.15. The van der Waals surface area contributed by atoms with Crippen molar-refractivity contribution < 1.29 is 14.6 Å². The van der Waals surface area contributed by atoms with Crippen molar-refractivity contribution in [2.45, 2.75) is 26.1 Å². The minimum atomic E-state index is -0.588. The van der Waals surface area contributed by atoms with E-state index in [4.69, 9.17) is 9.84 Å². The first kappa shape index (κ1) is 14.0. The van der Waals surface area contributed by atoms with Crippen molar-refractivity contribution in [3.8, 4) is 5.75 Å². The fourth-order valence-electron chi connectivity index (χ4n) is 1.16. The zero-order valence-electron chi connectivity index (χ0n) is 9.81. The minimum absolute atomic E-state index is 0.229. The molecule has 0 saturated carbocycles. The summed E-state index contributed by atoms with van der Waals surface area (Å²) in [4.78, 5) is 11.6. The Balaban J connectivity index is 2.45. The first-order valence-electron chi connectivity index (χ1n) is 5.37. The molecule has 0 spiro atoms. The highest BCUT2D eigenvalue weighted by atomic mass is 79.9. The number of aliphatic hydroxyl groups excluding tert-OH is 1. The van der Waals surface area contributed by atoms with E-state index < -0.39 is 12.2 Å². The Morgan fingerprint density at radius 3 is 2.53 bits per heavy atom. The van der Waals surface area contributed by atoms with Crippen LogP contribution >= 0.6 is 15.9 Å². The normalized spacial score (nSPS) is 13.9. The standard InChI is InChI=1S/C12H16BrNO3/c1-8(15)7-14-12(16)9(2)17-11-5-3-10(13)4-6-11/h3-6,8-9,15H,7H2,1-2H3,(H,14,16). The highest BCUT2D eigenvalue weighted by molar-refractivity contribution is 9.10. The van der Waals surface area contributed by atoms with E-state index in [1.54, 1.807) is 26.0 Å². The second-order valence-corrected chi connectivity index (χ2v) is 4.72. The third-order valence-corrected chi connectivity index (χ3v) is 2.60. The first-order chi connectivity index (χ1) is 7.99. The molecule has 1 amide bonds. The summed E-state index contributed by atoms with van der Waals surface area (Å²) in [6.45, 7) is 3.51. The van der Waals surface area contributed by atoms with E-state index in [1.165, 1.54) is 0 Å². The molecule has 5 heteroatoms. The summed E-state index contributed by atoms with van der Waals surface area (Å²) in [6, 6.07) is 7.25. The third kappa shape index (κ3) is 5.19. The van der Waals surface area contributed by atoms with Gasteiger partial charge in [0.05, 0.1) is 6.10 Å². The lowest BCUT2D eigenvalue weighted by molar-refractivity contribution is -0.127. The topological polar surface area (TPSA) is 58.6 Å². The number of hydrogen-bond acceptors (Lipinski definition) is 3. The van der Waals surface area contributed by atoms with Crippen LogP contribution in [0.3, 0.4) is 0 Å². The SMILES string of the molecule is CC(O)CNC(=O)C(C)Oc1ccc(Br)cc1. The zero-order valence-corrected chi connectivity index (χ0v) is 11.4. The van der Waals surface area contributed by atoms with Crippen LogP contribution in [0.2, 0.25) is 0 Å². The molecule has 1 aromatic carbocycles. The highest BCUT2D eigenvalue weighted by Gasteiger charge is 2.14. The Kier molecular flexibility index (Phi) is 5.44. The molecule has 1 rings (SSSR count). The van der Waals surface area contributed by atoms with E-state index in [2.05, 4.69) is 21.2 Å². The number of halogens is 1. The fourth-order valence-corrected chi connectivity index (χ4v) is 1.43. The maximum Gasteiger partial charge on any atom is 0.260 e. The second kappa shape index (κ2) is 6.61. The Bertz CT molecular complexity index is 365. The Hall–Kier alpha value is -1.07. The number of nitrogens with one attached hydrogen (secondary N) is 1. The Morgan fingerprint density at radius 1 is 1.41 bits per heavy atom. The lowest BCUT2D eigenvalue weighted by atomic mass is 10.3. The number of ether oxygens (including phenoxy) is 1. The van der Waals surface area contributed by atoms with Crippen LogP contribution in [0.5, 0.6) is 5.75 Å². The maximum absolute atomic E-state index is 11.6. The molecule has 2 atom stereocenters. The number of hydrogen-bond donors (Lipinski definition) is 2. The van der Waals surface area contributed by atoms with Gasteiger partial charge in [0, 0.05) is 11.0 Å². The minimum Gasteiger partial charge on any atom is -0.481 e. The summed E-state index contributed by atoms with van der Waals surface area (Å²) in [6.07, 6.45) is -1.14. The van der Waals surface area contributed by atoms with Gasteiger partial charge in [0.25, 0.3) is 5.91 Å². The summed E-state index contributed by atoms with van der Waals surface area (Å²) in [5.74, 6) is 0.390. The number of benzene rings is 1. The van der Waals surface area contributed by atoms with Gasteiger partial charge in [-0.3, -0.25) is 4.79 Å². The van der Waals surface area contributed by atoms with Crippen molar-refractivity contribution in [2.24, 2.45) is 0 Å². The van der Waals surface area contributed by atoms with Crippen LogP contribution in [0, 0.1) is 0 Å². The maximum atomic E-state index is 11.6. The van der Waals surface area contributed by atoms with E-state index in [1.807, 2.05) is 12.1 Å². The van der Waals surface area contributed by atoms with E-state index in [0.29, 0.717) is 5.75 Å². The average Bonchev–Trinajstić information content (AvgIpc) is 2.28. The van der Waals surface area contributed by atoms with Gasteiger partial charge >= 0.3 is 0 Å². The lowest BCUT2D eigenvalue weighted by Crippen LogP contribution is -2.39. The first-order valence-corrected chi connectivity index (χ1v) is 6.16. The van der Waals surface area contributed by atoms with Gasteiger partial charge in [-0.25, -0.2) is 0 Å². The van der Waals surface area contributed by atoms with Crippen LogP contribution in [-0.2, 0) is 4.79 Å². The molecule has 0 bridgehead atoms. The summed E-state index contributed by atoms with van der Waals surface area (Å²) >= 11 is 3.32. The van der Waals surface area contributed by atoms with Gasteiger partial charge in [0.1, 0.15) is 5.75 Å². The Labute approximate surface area is 109 Å². The van der Waals surface area contributed by atoms with E-state index in [9.17, 15) is 4.79 Å². The molecular formula is C12H16BrNO3. The third-order valence-electron chi connectivity index (χ3n) is 2.07. The van der Waals surface area contributed by atoms with Gasteiger partial charge in [0.15, 0.2) is 6.10 Å². The molecule has 94 valence electrons. The summed E-state index contributed by atoms with van der Waals surface area (Å²) in [5, 5.41) is 11.6. The number of amides is 1. The molecule has 0 heterocycles. The summed E-state index contributed by atoms with van der Waals surface area (Å²) in [7, 11) is 0. The average molecular weight is 302 g/mol. The van der Waals surface area contributed by atoms with Gasteiger partial charge in [-0.05, 0) is 38.1 Å². The van der Waals surface area contributed by atoms with Crippen LogP contribution in [0.1, 0.15) is 13.8 Å². The molecule has 4 nitrogen and oxygen atoms in total. The quantitative estimate of drug-likeness (QED) is 0.870. The van der Waals surface area contributed by atoms with Crippen LogP contribution in [0.15, 0.2) is 28.7 Å². The Morgan fingerprint density at radius 2 is 2.00 bits per heavy atom. The van der Waals surface area contributed by atoms with Crippen LogP contribution < -0.4 is 10.1 Å². The van der Waals surface area contributed by atoms with E-state index in [-0.39, 0.29) is 12.5 Å². The molecule has 0 aliphatic carbocycles. The number of rotatable bonds is 5. The molecular weight excluding hydrogens is 286 g/mol. The fraction of sp³-hybridized carbons (Fsp3) is 0.417. The van der Waals surface area contributed by atoms with Crippen molar-refractivity contribution in [3.05, 3.63) is 28.7 Å². The van der Waals surface area contributed by atoms with Crippen LogP contribution in [0.25, 0.3) is 0 Å². The van der Waals surface area contributed by atoms with Gasteiger partial charge in [-0.2, -0.15) is 0 Å². The molecule has 0 aliphatic heterocycles. The summed E-state index contributed by atoms with van der Waals surface area (Å²) in [5.41, 5.74) is 0. The number of aliphatic hydroxyl groups is 1. The largest absolute Gasteiger partial charge is 0.481 e. The highest BCUT2D eigenvalue weighted by Crippen LogP contribution is 2.17. The van der Waals surface area contributed by atoms with E-state index in [0.717, 1.165) is 4.47 Å².